The lowest BCUT2D eigenvalue weighted by atomic mass is 10.1. The van der Waals surface area contributed by atoms with Crippen molar-refractivity contribution in [3.8, 4) is 0 Å². The lowest BCUT2D eigenvalue weighted by Crippen LogP contribution is -2.06. The normalized spacial score (nSPS) is 26.5. The van der Waals surface area contributed by atoms with Crippen molar-refractivity contribution < 1.29 is 19.4 Å². The van der Waals surface area contributed by atoms with E-state index in [1.165, 1.54) is 6.08 Å². The Hall–Kier alpha value is -1.03. The third-order valence-electron chi connectivity index (χ3n) is 3.13. The minimum absolute atomic E-state index is 0.0275. The first-order valence-electron chi connectivity index (χ1n) is 5.59. The maximum absolute atomic E-state index is 11.4. The van der Waals surface area contributed by atoms with Crippen LogP contribution in [0.15, 0.2) is 11.1 Å². The van der Waals surface area contributed by atoms with Crippen LogP contribution in [0.5, 0.6) is 0 Å². The molecule has 0 aliphatic heterocycles. The summed E-state index contributed by atoms with van der Waals surface area (Å²) in [6, 6.07) is 0. The smallest absolute Gasteiger partial charge is 0.349 e. The maximum Gasteiger partial charge on any atom is 0.349 e. The molecule has 0 amide bonds. The SMILES string of the molecule is CCCOC(=O)C(Cl)=C[C@H]1[C@@H](C(=O)O)C1(C)C. The van der Waals surface area contributed by atoms with Gasteiger partial charge in [0, 0.05) is 0 Å². The summed E-state index contributed by atoms with van der Waals surface area (Å²) in [5.41, 5.74) is -0.350. The molecule has 1 fully saturated rings. The fourth-order valence-electron chi connectivity index (χ4n) is 1.95. The van der Waals surface area contributed by atoms with Crippen LogP contribution in [-0.2, 0) is 14.3 Å². The van der Waals surface area contributed by atoms with Crippen LogP contribution in [0.2, 0.25) is 0 Å². The van der Waals surface area contributed by atoms with Gasteiger partial charge in [-0.3, -0.25) is 4.79 Å². The van der Waals surface area contributed by atoms with Crippen molar-refractivity contribution in [3.63, 3.8) is 0 Å². The molecular weight excluding hydrogens is 244 g/mol. The number of carbonyl (C=O) groups excluding carboxylic acids is 1. The van der Waals surface area contributed by atoms with Gasteiger partial charge >= 0.3 is 11.9 Å². The highest BCUT2D eigenvalue weighted by molar-refractivity contribution is 6.41. The van der Waals surface area contributed by atoms with Crippen LogP contribution in [0, 0.1) is 17.3 Å². The molecule has 17 heavy (non-hydrogen) atoms. The highest BCUT2D eigenvalue weighted by Gasteiger charge is 2.61. The van der Waals surface area contributed by atoms with Gasteiger partial charge in [0.15, 0.2) is 0 Å². The van der Waals surface area contributed by atoms with E-state index in [0.717, 1.165) is 6.42 Å². The molecule has 0 aromatic carbocycles. The Morgan fingerprint density at radius 1 is 1.47 bits per heavy atom. The average molecular weight is 261 g/mol. The number of ether oxygens (including phenoxy) is 1. The van der Waals surface area contributed by atoms with E-state index < -0.39 is 17.9 Å². The summed E-state index contributed by atoms with van der Waals surface area (Å²) in [7, 11) is 0. The van der Waals surface area contributed by atoms with E-state index in [0.29, 0.717) is 6.61 Å². The Kier molecular flexibility index (Phi) is 4.20. The fourth-order valence-corrected chi connectivity index (χ4v) is 2.14. The zero-order valence-electron chi connectivity index (χ0n) is 10.2. The van der Waals surface area contributed by atoms with E-state index in [1.807, 2.05) is 20.8 Å². The van der Waals surface area contributed by atoms with Gasteiger partial charge < -0.3 is 9.84 Å². The molecule has 0 unspecified atom stereocenters. The Balaban J connectivity index is 2.65. The fraction of sp³-hybridized carbons (Fsp3) is 0.667. The second kappa shape index (κ2) is 5.08. The average Bonchev–Trinajstić information content (AvgIpc) is 2.76. The van der Waals surface area contributed by atoms with Crippen LogP contribution in [0.25, 0.3) is 0 Å². The maximum atomic E-state index is 11.4. The highest BCUT2D eigenvalue weighted by Crippen LogP contribution is 2.59. The summed E-state index contributed by atoms with van der Waals surface area (Å²) in [4.78, 5) is 22.3. The predicted octanol–water partition coefficient (Wildman–Crippen LogP) is 2.42. The summed E-state index contributed by atoms with van der Waals surface area (Å²) < 4.78 is 4.86. The van der Waals surface area contributed by atoms with Crippen LogP contribution in [0.3, 0.4) is 0 Å². The number of esters is 1. The van der Waals surface area contributed by atoms with Gasteiger partial charge in [-0.15, -0.1) is 0 Å². The lowest BCUT2D eigenvalue weighted by molar-refractivity contribution is -0.140. The standard InChI is InChI=1S/C12H17ClO4/c1-4-5-17-11(16)8(13)6-7-9(10(14)15)12(7,2)3/h6-7,9H,4-5H2,1-3H3,(H,14,15)/t7-,9-/m0/s1. The summed E-state index contributed by atoms with van der Waals surface area (Å²) >= 11 is 5.79. The molecule has 0 spiro atoms. The number of carbonyl (C=O) groups is 2. The molecule has 1 rings (SSSR count). The molecule has 1 saturated carbocycles. The summed E-state index contributed by atoms with van der Waals surface area (Å²) in [5.74, 6) is -2.13. The Labute approximate surface area is 106 Å². The van der Waals surface area contributed by atoms with E-state index >= 15 is 0 Å². The molecule has 0 heterocycles. The summed E-state index contributed by atoms with van der Waals surface area (Å²) in [6.07, 6.45) is 2.22. The number of hydrogen-bond donors (Lipinski definition) is 1. The van der Waals surface area contributed by atoms with Gasteiger partial charge in [-0.1, -0.05) is 38.4 Å². The van der Waals surface area contributed by atoms with Crippen molar-refractivity contribution in [1.29, 1.82) is 0 Å². The molecular formula is C12H17ClO4. The molecule has 0 saturated heterocycles. The summed E-state index contributed by atoms with van der Waals surface area (Å²) in [6.45, 7) is 5.89. The molecule has 2 atom stereocenters. The molecule has 1 N–H and O–H groups in total. The van der Waals surface area contributed by atoms with Crippen LogP contribution in [-0.4, -0.2) is 23.7 Å². The molecule has 96 valence electrons. The second-order valence-electron chi connectivity index (χ2n) is 4.81. The first kappa shape index (κ1) is 14.0. The Morgan fingerprint density at radius 3 is 2.47 bits per heavy atom. The van der Waals surface area contributed by atoms with Crippen LogP contribution < -0.4 is 0 Å². The van der Waals surface area contributed by atoms with Crippen LogP contribution in [0.4, 0.5) is 0 Å². The molecule has 1 aliphatic carbocycles. The Bertz CT molecular complexity index is 360. The zero-order chi connectivity index (χ0) is 13.2. The van der Waals surface area contributed by atoms with Crippen molar-refractivity contribution in [2.45, 2.75) is 27.2 Å². The number of hydrogen-bond acceptors (Lipinski definition) is 3. The second-order valence-corrected chi connectivity index (χ2v) is 5.22. The molecule has 0 aromatic heterocycles. The number of carboxylic acid groups (broad SMARTS) is 1. The molecule has 0 aromatic rings. The first-order valence-corrected chi connectivity index (χ1v) is 5.97. The monoisotopic (exact) mass is 260 g/mol. The van der Waals surface area contributed by atoms with Gasteiger partial charge in [0.1, 0.15) is 5.03 Å². The van der Waals surface area contributed by atoms with Gasteiger partial charge in [0.25, 0.3) is 0 Å². The largest absolute Gasteiger partial charge is 0.481 e. The van der Waals surface area contributed by atoms with E-state index in [9.17, 15) is 9.59 Å². The van der Waals surface area contributed by atoms with Crippen LogP contribution in [0.1, 0.15) is 27.2 Å². The number of allylic oxidation sites excluding steroid dienone is 1. The molecule has 4 nitrogen and oxygen atoms in total. The highest BCUT2D eigenvalue weighted by atomic mass is 35.5. The van der Waals surface area contributed by atoms with E-state index in [1.54, 1.807) is 0 Å². The molecule has 0 radical (unpaired) electrons. The minimum atomic E-state index is -0.859. The van der Waals surface area contributed by atoms with Crippen LogP contribution >= 0.6 is 11.6 Å². The number of rotatable bonds is 5. The quantitative estimate of drug-likeness (QED) is 0.609. The van der Waals surface area contributed by atoms with Gasteiger partial charge in [-0.25, -0.2) is 4.79 Å². The summed E-state index contributed by atoms with van der Waals surface area (Å²) in [5, 5.41) is 8.94. The third kappa shape index (κ3) is 3.00. The van der Waals surface area contributed by atoms with Crippen molar-refractivity contribution >= 4 is 23.5 Å². The zero-order valence-corrected chi connectivity index (χ0v) is 11.0. The number of carboxylic acids is 1. The predicted molar refractivity (Wildman–Crippen MR) is 63.6 cm³/mol. The number of aliphatic carboxylic acids is 1. The molecule has 5 heteroatoms. The molecule has 1 aliphatic rings. The molecule has 0 bridgehead atoms. The van der Waals surface area contributed by atoms with E-state index in [2.05, 4.69) is 0 Å². The van der Waals surface area contributed by atoms with Gasteiger partial charge in [0.2, 0.25) is 0 Å². The van der Waals surface area contributed by atoms with Gasteiger partial charge in [-0.2, -0.15) is 0 Å². The minimum Gasteiger partial charge on any atom is -0.481 e. The topological polar surface area (TPSA) is 63.6 Å². The third-order valence-corrected chi connectivity index (χ3v) is 3.42. The Morgan fingerprint density at radius 2 is 2.06 bits per heavy atom. The van der Waals surface area contributed by atoms with Crippen molar-refractivity contribution in [3.05, 3.63) is 11.1 Å². The van der Waals surface area contributed by atoms with Crippen molar-refractivity contribution in [1.82, 2.24) is 0 Å². The lowest BCUT2D eigenvalue weighted by Gasteiger charge is -2.01. The van der Waals surface area contributed by atoms with Crippen molar-refractivity contribution in [2.75, 3.05) is 6.61 Å². The van der Waals surface area contributed by atoms with E-state index in [4.69, 9.17) is 21.4 Å². The number of halogens is 1. The van der Waals surface area contributed by atoms with E-state index in [-0.39, 0.29) is 16.4 Å². The first-order chi connectivity index (χ1) is 7.82. The van der Waals surface area contributed by atoms with Gasteiger partial charge in [0.05, 0.1) is 12.5 Å². The van der Waals surface area contributed by atoms with Crippen molar-refractivity contribution in [2.24, 2.45) is 17.3 Å². The van der Waals surface area contributed by atoms with Gasteiger partial charge in [-0.05, 0) is 17.8 Å².